The Bertz CT molecular complexity index is 226. The van der Waals surface area contributed by atoms with E-state index in [4.69, 9.17) is 9.84 Å². The average molecular weight is 182 g/mol. The number of carboxylic acid groups (broad SMARTS) is 1. The van der Waals surface area contributed by atoms with Crippen molar-refractivity contribution < 1.29 is 14.6 Å². The molecule has 0 rings (SSSR count). The number of carboxylic acids is 1. The molecular formula is C10H14O3. The number of carbonyl (C=O) groups is 1. The van der Waals surface area contributed by atoms with Gasteiger partial charge in [-0.15, -0.1) is 6.58 Å². The zero-order valence-corrected chi connectivity index (χ0v) is 7.69. The van der Waals surface area contributed by atoms with E-state index in [9.17, 15) is 4.79 Å². The van der Waals surface area contributed by atoms with Gasteiger partial charge in [0, 0.05) is 5.57 Å². The van der Waals surface area contributed by atoms with Crippen molar-refractivity contribution in [3.05, 3.63) is 36.5 Å². The molecule has 3 nitrogen and oxygen atoms in total. The van der Waals surface area contributed by atoms with Crippen LogP contribution >= 0.6 is 0 Å². The first-order valence-electron chi connectivity index (χ1n) is 3.94. The van der Waals surface area contributed by atoms with Crippen LogP contribution in [0.25, 0.3) is 0 Å². The van der Waals surface area contributed by atoms with E-state index in [1.807, 2.05) is 0 Å². The van der Waals surface area contributed by atoms with Crippen LogP contribution in [0.15, 0.2) is 36.5 Å². The summed E-state index contributed by atoms with van der Waals surface area (Å²) in [5.41, 5.74) is 0.306. The molecule has 0 radical (unpaired) electrons. The fourth-order valence-electron chi connectivity index (χ4n) is 0.559. The lowest BCUT2D eigenvalue weighted by Gasteiger charge is -1.92. The van der Waals surface area contributed by atoms with Gasteiger partial charge >= 0.3 is 5.97 Å². The van der Waals surface area contributed by atoms with Gasteiger partial charge in [-0.2, -0.15) is 0 Å². The Balaban J connectivity index is 3.67. The number of ether oxygens (including phenoxy) is 1. The van der Waals surface area contributed by atoms with Crippen molar-refractivity contribution in [3.8, 4) is 0 Å². The minimum Gasteiger partial charge on any atom is -0.478 e. The van der Waals surface area contributed by atoms with Crippen molar-refractivity contribution in [1.82, 2.24) is 0 Å². The monoisotopic (exact) mass is 182 g/mol. The normalized spacial score (nSPS) is 11.9. The fraction of sp³-hybridized carbons (Fsp3) is 0.300. The Labute approximate surface area is 78.0 Å². The predicted octanol–water partition coefficient (Wildman–Crippen LogP) is 1.78. The topological polar surface area (TPSA) is 46.5 Å². The summed E-state index contributed by atoms with van der Waals surface area (Å²) in [5, 5.41) is 8.48. The van der Waals surface area contributed by atoms with E-state index in [-0.39, 0.29) is 0 Å². The number of aliphatic carboxylic acids is 1. The largest absolute Gasteiger partial charge is 0.478 e. The van der Waals surface area contributed by atoms with Crippen molar-refractivity contribution in [2.45, 2.75) is 6.92 Å². The van der Waals surface area contributed by atoms with Gasteiger partial charge in [0.05, 0.1) is 13.2 Å². The average Bonchev–Trinajstić information content (AvgIpc) is 2.10. The zero-order chi connectivity index (χ0) is 10.1. The molecule has 13 heavy (non-hydrogen) atoms. The molecular weight excluding hydrogens is 168 g/mol. The van der Waals surface area contributed by atoms with Gasteiger partial charge in [0.2, 0.25) is 0 Å². The summed E-state index contributed by atoms with van der Waals surface area (Å²) < 4.78 is 5.04. The highest BCUT2D eigenvalue weighted by molar-refractivity contribution is 5.86. The number of allylic oxidation sites excluding steroid dienone is 2. The molecule has 0 heterocycles. The van der Waals surface area contributed by atoms with Crippen molar-refractivity contribution in [2.24, 2.45) is 0 Å². The number of hydrogen-bond donors (Lipinski definition) is 1. The molecule has 0 bridgehead atoms. The lowest BCUT2D eigenvalue weighted by Crippen LogP contribution is -1.94. The lowest BCUT2D eigenvalue weighted by molar-refractivity contribution is -0.132. The van der Waals surface area contributed by atoms with Gasteiger partial charge in [0.25, 0.3) is 0 Å². The van der Waals surface area contributed by atoms with Crippen LogP contribution in [0, 0.1) is 0 Å². The molecule has 0 unspecified atom stereocenters. The minimum absolute atomic E-state index is 0.306. The maximum atomic E-state index is 10.3. The second-order valence-electron chi connectivity index (χ2n) is 2.41. The molecule has 3 heteroatoms. The van der Waals surface area contributed by atoms with E-state index >= 15 is 0 Å². The molecule has 0 aromatic carbocycles. The van der Waals surface area contributed by atoms with Crippen molar-refractivity contribution in [3.63, 3.8) is 0 Å². The molecule has 0 saturated carbocycles. The highest BCUT2D eigenvalue weighted by Crippen LogP contribution is 1.92. The molecule has 0 aromatic rings. The third kappa shape index (κ3) is 7.03. The Hall–Kier alpha value is -1.35. The molecule has 0 aliphatic rings. The number of hydrogen-bond acceptors (Lipinski definition) is 2. The van der Waals surface area contributed by atoms with E-state index in [0.717, 1.165) is 0 Å². The Morgan fingerprint density at radius 2 is 2.23 bits per heavy atom. The summed E-state index contributed by atoms with van der Waals surface area (Å²) in [4.78, 5) is 10.3. The van der Waals surface area contributed by atoms with Gasteiger partial charge in [-0.05, 0) is 6.92 Å². The summed E-state index contributed by atoms with van der Waals surface area (Å²) >= 11 is 0. The van der Waals surface area contributed by atoms with Crippen molar-refractivity contribution in [1.29, 1.82) is 0 Å². The number of rotatable bonds is 6. The highest BCUT2D eigenvalue weighted by Gasteiger charge is 1.95. The van der Waals surface area contributed by atoms with Crippen molar-refractivity contribution in [2.75, 3.05) is 13.2 Å². The molecule has 1 N–H and O–H groups in total. The van der Waals surface area contributed by atoms with E-state index in [1.54, 1.807) is 18.2 Å². The van der Waals surface area contributed by atoms with Crippen LogP contribution in [-0.4, -0.2) is 24.3 Å². The van der Waals surface area contributed by atoms with Crippen LogP contribution in [0.2, 0.25) is 0 Å². The molecule has 0 aliphatic carbocycles. The second kappa shape index (κ2) is 7.31. The van der Waals surface area contributed by atoms with Crippen LogP contribution < -0.4 is 0 Å². The van der Waals surface area contributed by atoms with Crippen LogP contribution in [-0.2, 0) is 9.53 Å². The molecule has 72 valence electrons. The molecule has 0 saturated heterocycles. The SMILES string of the molecule is C=CCOCC=CC=C(C)C(=O)O. The van der Waals surface area contributed by atoms with E-state index in [1.165, 1.54) is 13.0 Å². The lowest BCUT2D eigenvalue weighted by atomic mass is 10.3. The fourth-order valence-corrected chi connectivity index (χ4v) is 0.559. The first kappa shape index (κ1) is 11.6. The third-order valence-electron chi connectivity index (χ3n) is 1.27. The van der Waals surface area contributed by atoms with Gasteiger partial charge in [-0.25, -0.2) is 4.79 Å². The Kier molecular flexibility index (Phi) is 6.55. The minimum atomic E-state index is -0.906. The second-order valence-corrected chi connectivity index (χ2v) is 2.41. The third-order valence-corrected chi connectivity index (χ3v) is 1.27. The first-order valence-corrected chi connectivity index (χ1v) is 3.94. The van der Waals surface area contributed by atoms with Crippen molar-refractivity contribution >= 4 is 5.97 Å². The van der Waals surface area contributed by atoms with Crippen LogP contribution in [0.4, 0.5) is 0 Å². The smallest absolute Gasteiger partial charge is 0.331 e. The molecule has 0 spiro atoms. The molecule has 0 atom stereocenters. The van der Waals surface area contributed by atoms with E-state index in [2.05, 4.69) is 6.58 Å². The summed E-state index contributed by atoms with van der Waals surface area (Å²) in [6.07, 6.45) is 6.59. The molecule has 0 aromatic heterocycles. The van der Waals surface area contributed by atoms with Gasteiger partial charge in [0.1, 0.15) is 0 Å². The Morgan fingerprint density at radius 1 is 1.54 bits per heavy atom. The summed E-state index contributed by atoms with van der Waals surface area (Å²) in [6.45, 7) is 6.00. The van der Waals surface area contributed by atoms with Gasteiger partial charge in [-0.3, -0.25) is 0 Å². The van der Waals surface area contributed by atoms with Crippen LogP contribution in [0.3, 0.4) is 0 Å². The van der Waals surface area contributed by atoms with Gasteiger partial charge in [-0.1, -0.05) is 24.3 Å². The predicted molar refractivity (Wildman–Crippen MR) is 51.5 cm³/mol. The Morgan fingerprint density at radius 3 is 2.77 bits per heavy atom. The quantitative estimate of drug-likeness (QED) is 0.295. The summed E-state index contributed by atoms with van der Waals surface area (Å²) in [6, 6.07) is 0. The maximum Gasteiger partial charge on any atom is 0.331 e. The zero-order valence-electron chi connectivity index (χ0n) is 7.69. The van der Waals surface area contributed by atoms with E-state index < -0.39 is 5.97 Å². The molecule has 0 fully saturated rings. The molecule has 0 amide bonds. The van der Waals surface area contributed by atoms with Gasteiger partial charge < -0.3 is 9.84 Å². The van der Waals surface area contributed by atoms with E-state index in [0.29, 0.717) is 18.8 Å². The maximum absolute atomic E-state index is 10.3. The standard InChI is InChI=1S/C10H14O3/c1-3-7-13-8-5-4-6-9(2)10(11)12/h3-6H,1,7-8H2,2H3,(H,11,12). The summed E-state index contributed by atoms with van der Waals surface area (Å²) in [5.74, 6) is -0.906. The first-order chi connectivity index (χ1) is 6.18. The molecule has 0 aliphatic heterocycles. The van der Waals surface area contributed by atoms with Crippen LogP contribution in [0.1, 0.15) is 6.92 Å². The van der Waals surface area contributed by atoms with Crippen LogP contribution in [0.5, 0.6) is 0 Å². The summed E-state index contributed by atoms with van der Waals surface area (Å²) in [7, 11) is 0. The highest BCUT2D eigenvalue weighted by atomic mass is 16.5. The van der Waals surface area contributed by atoms with Gasteiger partial charge in [0.15, 0.2) is 0 Å².